The zero-order chi connectivity index (χ0) is 34.7. The third-order valence-corrected chi connectivity index (χ3v) is 7.74. The van der Waals surface area contributed by atoms with Gasteiger partial charge in [-0.15, -0.1) is 52.5 Å². The van der Waals surface area contributed by atoms with Gasteiger partial charge in [-0.3, -0.25) is 0 Å². The summed E-state index contributed by atoms with van der Waals surface area (Å²) in [4.78, 5) is 3.99. The Hall–Kier alpha value is -2.12. The zero-order valence-corrected chi connectivity index (χ0v) is 32.5. The van der Waals surface area contributed by atoms with Gasteiger partial charge in [-0.1, -0.05) is 68.1 Å². The maximum Gasteiger partial charge on any atom is 2.00 e. The van der Waals surface area contributed by atoms with Crippen LogP contribution in [0.4, 0.5) is 0 Å². The summed E-state index contributed by atoms with van der Waals surface area (Å²) in [5.41, 5.74) is 7.65. The number of aromatic nitrogens is 3. The molecule has 5 rings (SSSR count). The number of benzene rings is 3. The fraction of sp³-hybridized carbons (Fsp3) is 0.286. The van der Waals surface area contributed by atoms with Crippen molar-refractivity contribution in [3.63, 3.8) is 0 Å². The van der Waals surface area contributed by atoms with Gasteiger partial charge in [-0.2, -0.15) is 18.6 Å². The quantitative estimate of drug-likeness (QED) is 0.0596. The Morgan fingerprint density at radius 1 is 0.936 bits per heavy atom. The molecule has 0 aliphatic rings. The molecule has 6 nitrogen and oxygen atoms in total. The van der Waals surface area contributed by atoms with Gasteiger partial charge >= 0.3 is 20.4 Å². The fourth-order valence-electron chi connectivity index (χ4n) is 4.75. The molecule has 0 spiro atoms. The Labute approximate surface area is 313 Å². The van der Waals surface area contributed by atoms with Gasteiger partial charge in [0.1, 0.15) is 10.1 Å². The van der Waals surface area contributed by atoms with Gasteiger partial charge in [0.2, 0.25) is 6.33 Å². The molecule has 0 unspecified atom stereocenters. The van der Waals surface area contributed by atoms with Crippen LogP contribution in [0.25, 0.3) is 16.6 Å². The van der Waals surface area contributed by atoms with E-state index in [2.05, 4.69) is 51.1 Å². The first-order valence-electron chi connectivity index (χ1n) is 14.1. The Balaban J connectivity index is 0.000000504. The van der Waals surface area contributed by atoms with E-state index in [1.54, 1.807) is 23.0 Å². The van der Waals surface area contributed by atoms with Crippen LogP contribution in [-0.2, 0) is 42.5 Å². The van der Waals surface area contributed by atoms with E-state index >= 15 is 0 Å². The molecule has 0 fully saturated rings. The second-order valence-corrected chi connectivity index (χ2v) is 14.3. The molecule has 0 aliphatic heterocycles. The molecule has 256 valence electrons. The Kier molecular flexibility index (Phi) is 18.1. The molecule has 2 aromatic heterocycles. The number of halogens is 4. The number of rotatable bonds is 4. The molecule has 47 heavy (non-hydrogen) atoms. The van der Waals surface area contributed by atoms with Crippen molar-refractivity contribution >= 4 is 67.4 Å². The SMILES string of the molecule is Cc1cc(C)c(C[n+]2[c-]n(-c3ccc(C(C)(C)C)cc3S(=O)(=O)[O-])cc2)c(C)c1.ClCCl.ClCCl.[CH2-]c1cccc2cccnc12.[Pd+2]. The van der Waals surface area contributed by atoms with Crippen molar-refractivity contribution < 1.29 is 38.0 Å². The zero-order valence-electron chi connectivity index (χ0n) is 27.1. The summed E-state index contributed by atoms with van der Waals surface area (Å²) in [6, 6.07) is 19.3. The van der Waals surface area contributed by atoms with Crippen molar-refractivity contribution in [2.75, 3.05) is 10.7 Å². The Bertz CT molecular complexity index is 1810. The molecule has 0 bridgehead atoms. The minimum atomic E-state index is -4.63. The Morgan fingerprint density at radius 3 is 2.04 bits per heavy atom. The van der Waals surface area contributed by atoms with Crippen molar-refractivity contribution in [1.82, 2.24) is 9.55 Å². The summed E-state index contributed by atoms with van der Waals surface area (Å²) in [6.45, 7) is 16.7. The molecule has 0 saturated heterocycles. The van der Waals surface area contributed by atoms with Crippen LogP contribution in [0.1, 0.15) is 54.2 Å². The molecule has 0 radical (unpaired) electrons. The average Bonchev–Trinajstić information content (AvgIpc) is 3.44. The summed E-state index contributed by atoms with van der Waals surface area (Å²) < 4.78 is 39.2. The van der Waals surface area contributed by atoms with Gasteiger partial charge < -0.3 is 18.7 Å². The van der Waals surface area contributed by atoms with Crippen molar-refractivity contribution in [3.05, 3.63) is 126 Å². The first-order valence-corrected chi connectivity index (χ1v) is 17.7. The minimum Gasteiger partial charge on any atom is -0.745 e. The molecule has 12 heteroatoms. The van der Waals surface area contributed by atoms with Crippen molar-refractivity contribution in [2.45, 2.75) is 58.4 Å². The van der Waals surface area contributed by atoms with Crippen molar-refractivity contribution in [2.24, 2.45) is 0 Å². The van der Waals surface area contributed by atoms with E-state index < -0.39 is 10.1 Å². The predicted molar refractivity (Wildman–Crippen MR) is 191 cm³/mol. The minimum absolute atomic E-state index is 0. The molecule has 0 aliphatic carbocycles. The first kappa shape index (κ1) is 42.9. The van der Waals surface area contributed by atoms with Crippen LogP contribution >= 0.6 is 46.4 Å². The van der Waals surface area contributed by atoms with Gasteiger partial charge in [0, 0.05) is 18.6 Å². The van der Waals surface area contributed by atoms with Gasteiger partial charge in [0.25, 0.3) is 0 Å². The molecule has 0 atom stereocenters. The maximum absolute atomic E-state index is 11.9. The molecule has 0 amide bonds. The van der Waals surface area contributed by atoms with Crippen molar-refractivity contribution in [1.29, 1.82) is 0 Å². The number of para-hydroxylation sites is 1. The van der Waals surface area contributed by atoms with Gasteiger partial charge in [0.15, 0.2) is 0 Å². The summed E-state index contributed by atoms with van der Waals surface area (Å²) in [6.07, 6.45) is 8.49. The maximum atomic E-state index is 11.9. The standard InChI is InChI=1S/C23H28N2O3S.C10H8N.2CH2Cl2.Pd/c1-16-11-17(2)20(18(3)12-16)14-24-9-10-25(15-24)21-8-7-19(23(4,5)6)13-22(21)29(26,27)28;1-8-4-2-5-9-6-3-7-11-10(8)9;2*2-1-3;/h7-13H,14H2,1-6H3,(H,26,27,28);2-7H,1H2;2*1H2;/q;-1;;;+2/p-1. The van der Waals surface area contributed by atoms with Crippen LogP contribution in [-0.4, -0.2) is 33.2 Å². The topological polar surface area (TPSA) is 78.9 Å². The number of pyridine rings is 1. The normalized spacial score (nSPS) is 10.8. The fourth-order valence-corrected chi connectivity index (χ4v) is 5.45. The van der Waals surface area contributed by atoms with Gasteiger partial charge in [0.05, 0.1) is 27.8 Å². The number of hydrogen-bond acceptors (Lipinski definition) is 4. The number of imidazole rings is 1. The Morgan fingerprint density at radius 2 is 1.51 bits per heavy atom. The predicted octanol–water partition coefficient (Wildman–Crippen LogP) is 9.00. The number of aryl methyl sites for hydroxylation is 3. The largest absolute Gasteiger partial charge is 2.00 e. The van der Waals surface area contributed by atoms with E-state index in [0.717, 1.165) is 22.0 Å². The van der Waals surface area contributed by atoms with E-state index in [4.69, 9.17) is 46.4 Å². The van der Waals surface area contributed by atoms with Crippen LogP contribution in [0.15, 0.2) is 84.1 Å². The third-order valence-electron chi connectivity index (χ3n) is 6.87. The summed E-state index contributed by atoms with van der Waals surface area (Å²) in [5.74, 6) is 0. The van der Waals surface area contributed by atoms with Crippen LogP contribution in [0.5, 0.6) is 0 Å². The van der Waals surface area contributed by atoms with Crippen molar-refractivity contribution in [3.8, 4) is 5.69 Å². The van der Waals surface area contributed by atoms with E-state index in [1.165, 1.54) is 28.3 Å². The van der Waals surface area contributed by atoms with Gasteiger partial charge in [-0.25, -0.2) is 8.42 Å². The van der Waals surface area contributed by atoms with Crippen LogP contribution < -0.4 is 4.57 Å². The summed E-state index contributed by atoms with van der Waals surface area (Å²) in [7, 11) is -4.63. The third kappa shape index (κ3) is 13.0. The summed E-state index contributed by atoms with van der Waals surface area (Å²) >= 11 is 19.1. The first-order chi connectivity index (χ1) is 21.6. The molecule has 5 aromatic rings. The second kappa shape index (κ2) is 19.8. The number of alkyl halides is 4. The number of nitrogens with zero attached hydrogens (tertiary/aromatic N) is 3. The number of fused-ring (bicyclic) bond motifs is 1. The average molecular weight is 830 g/mol. The van der Waals surface area contributed by atoms with Gasteiger partial charge in [-0.05, 0) is 66.1 Å². The monoisotopic (exact) mass is 827 g/mol. The molecular formula is C35H39Cl4N3O3PdS. The van der Waals surface area contributed by atoms with E-state index in [1.807, 2.05) is 67.9 Å². The molecule has 3 aromatic carbocycles. The second-order valence-electron chi connectivity index (χ2n) is 11.4. The van der Waals surface area contributed by atoms with Crippen LogP contribution in [0.2, 0.25) is 0 Å². The van der Waals surface area contributed by atoms with E-state index in [0.29, 0.717) is 12.2 Å². The van der Waals surface area contributed by atoms with E-state index in [9.17, 15) is 13.0 Å². The number of hydrogen-bond donors (Lipinski definition) is 0. The summed E-state index contributed by atoms with van der Waals surface area (Å²) in [5, 5.41) is 1.54. The molecule has 0 saturated carbocycles. The van der Waals surface area contributed by atoms with Crippen LogP contribution in [0, 0.1) is 34.0 Å². The molecule has 0 N–H and O–H groups in total. The smallest absolute Gasteiger partial charge is 0.745 e. The molecule has 2 heterocycles. The molecular weight excluding hydrogens is 791 g/mol. The van der Waals surface area contributed by atoms with Crippen LogP contribution in [0.3, 0.4) is 0 Å². The van der Waals surface area contributed by atoms with E-state index in [-0.39, 0.29) is 41.4 Å².